The lowest BCUT2D eigenvalue weighted by molar-refractivity contribution is 0.392. The van der Waals surface area contributed by atoms with E-state index in [-0.39, 0.29) is 0 Å². The van der Waals surface area contributed by atoms with E-state index in [0.717, 1.165) is 25.7 Å². The van der Waals surface area contributed by atoms with Crippen LogP contribution in [-0.4, -0.2) is 28.1 Å². The molecule has 1 saturated carbocycles. The van der Waals surface area contributed by atoms with E-state index < -0.39 is 10.2 Å². The summed E-state index contributed by atoms with van der Waals surface area (Å²) in [7, 11) is -3.30. The Balaban J connectivity index is 2.33. The van der Waals surface area contributed by atoms with Gasteiger partial charge in [-0.2, -0.15) is 8.42 Å². The molecular weight excluding hydrogens is 226 g/mol. The average Bonchev–Trinajstić information content (AvgIpc) is 2.71. The molecule has 1 fully saturated rings. The molecule has 0 radical (unpaired) electrons. The monoisotopic (exact) mass is 249 g/mol. The number of hydrogen-bond acceptors (Lipinski definition) is 3. The summed E-state index contributed by atoms with van der Waals surface area (Å²) in [6.07, 6.45) is 4.18. The zero-order chi connectivity index (χ0) is 12.0. The summed E-state index contributed by atoms with van der Waals surface area (Å²) in [6, 6.07) is 0. The van der Waals surface area contributed by atoms with Gasteiger partial charge in [0.05, 0.1) is 0 Å². The smallest absolute Gasteiger partial charge is 0.276 e. The number of nitrogens with one attached hydrogen (secondary N) is 2. The van der Waals surface area contributed by atoms with Crippen LogP contribution in [0.3, 0.4) is 0 Å². The second kappa shape index (κ2) is 6.54. The van der Waals surface area contributed by atoms with Gasteiger partial charge in [-0.05, 0) is 37.6 Å². The van der Waals surface area contributed by atoms with Crippen molar-refractivity contribution in [1.29, 1.82) is 0 Å². The minimum absolute atomic E-state index is 0.406. The Labute approximate surface area is 98.4 Å². The summed E-state index contributed by atoms with van der Waals surface area (Å²) >= 11 is 0. The van der Waals surface area contributed by atoms with Crippen molar-refractivity contribution in [2.45, 2.75) is 32.6 Å². The van der Waals surface area contributed by atoms with Crippen molar-refractivity contribution >= 4 is 10.2 Å². The van der Waals surface area contributed by atoms with Gasteiger partial charge in [-0.15, -0.1) is 0 Å². The van der Waals surface area contributed by atoms with Crippen molar-refractivity contribution < 1.29 is 8.42 Å². The Bertz CT molecular complexity index is 292. The fourth-order valence-corrected chi connectivity index (χ4v) is 3.21. The molecule has 0 aromatic heterocycles. The first kappa shape index (κ1) is 13.9. The largest absolute Gasteiger partial charge is 0.330 e. The molecule has 2 unspecified atom stereocenters. The maximum Gasteiger partial charge on any atom is 0.276 e. The van der Waals surface area contributed by atoms with Crippen LogP contribution in [0.2, 0.25) is 0 Å². The fraction of sp³-hybridized carbons (Fsp3) is 1.00. The van der Waals surface area contributed by atoms with E-state index >= 15 is 0 Å². The molecule has 0 aliphatic heterocycles. The van der Waals surface area contributed by atoms with Crippen LogP contribution in [0.25, 0.3) is 0 Å². The molecule has 0 aromatic carbocycles. The third-order valence-electron chi connectivity index (χ3n) is 3.20. The minimum atomic E-state index is -3.30. The zero-order valence-corrected chi connectivity index (χ0v) is 10.7. The van der Waals surface area contributed by atoms with Crippen molar-refractivity contribution in [1.82, 2.24) is 9.44 Å². The Kier molecular flexibility index (Phi) is 5.68. The van der Waals surface area contributed by atoms with E-state index in [4.69, 9.17) is 5.73 Å². The van der Waals surface area contributed by atoms with Gasteiger partial charge in [0.1, 0.15) is 0 Å². The summed E-state index contributed by atoms with van der Waals surface area (Å²) in [6.45, 7) is 3.60. The number of rotatable bonds is 7. The van der Waals surface area contributed by atoms with Crippen molar-refractivity contribution in [2.75, 3.05) is 19.6 Å². The van der Waals surface area contributed by atoms with Crippen LogP contribution >= 0.6 is 0 Å². The highest BCUT2D eigenvalue weighted by Crippen LogP contribution is 2.30. The molecule has 0 saturated heterocycles. The van der Waals surface area contributed by atoms with E-state index in [1.165, 1.54) is 0 Å². The van der Waals surface area contributed by atoms with Crippen LogP contribution in [0, 0.1) is 11.8 Å². The zero-order valence-electron chi connectivity index (χ0n) is 9.91. The molecule has 0 heterocycles. The van der Waals surface area contributed by atoms with Gasteiger partial charge in [0, 0.05) is 13.1 Å². The molecule has 1 aliphatic carbocycles. The molecule has 0 aromatic rings. The first-order valence-electron chi connectivity index (χ1n) is 6.03. The van der Waals surface area contributed by atoms with E-state index in [1.54, 1.807) is 0 Å². The van der Waals surface area contributed by atoms with Gasteiger partial charge in [-0.25, -0.2) is 9.44 Å². The Hall–Kier alpha value is -0.170. The van der Waals surface area contributed by atoms with Gasteiger partial charge in [0.25, 0.3) is 10.2 Å². The van der Waals surface area contributed by atoms with Crippen LogP contribution < -0.4 is 15.2 Å². The fourth-order valence-electron chi connectivity index (χ4n) is 2.20. The third kappa shape index (κ3) is 4.37. The van der Waals surface area contributed by atoms with Crippen LogP contribution in [0.5, 0.6) is 0 Å². The van der Waals surface area contributed by atoms with Gasteiger partial charge in [-0.3, -0.25) is 0 Å². The highest BCUT2D eigenvalue weighted by molar-refractivity contribution is 7.87. The third-order valence-corrected chi connectivity index (χ3v) is 4.33. The Morgan fingerprint density at radius 1 is 1.25 bits per heavy atom. The van der Waals surface area contributed by atoms with Crippen LogP contribution in [0.15, 0.2) is 0 Å². The topological polar surface area (TPSA) is 84.2 Å². The molecule has 4 N–H and O–H groups in total. The quantitative estimate of drug-likeness (QED) is 0.602. The predicted octanol–water partition coefficient (Wildman–Crippen LogP) is 0.195. The van der Waals surface area contributed by atoms with E-state index in [9.17, 15) is 8.42 Å². The highest BCUT2D eigenvalue weighted by atomic mass is 32.2. The molecule has 96 valence electrons. The van der Waals surface area contributed by atoms with E-state index in [1.807, 2.05) is 6.92 Å². The van der Waals surface area contributed by atoms with Gasteiger partial charge < -0.3 is 5.73 Å². The summed E-state index contributed by atoms with van der Waals surface area (Å²) in [4.78, 5) is 0. The summed E-state index contributed by atoms with van der Waals surface area (Å²) < 4.78 is 28.1. The van der Waals surface area contributed by atoms with Crippen molar-refractivity contribution in [3.05, 3.63) is 0 Å². The summed E-state index contributed by atoms with van der Waals surface area (Å²) in [5.41, 5.74) is 5.65. The normalized spacial score (nSPS) is 26.1. The molecule has 1 rings (SSSR count). The van der Waals surface area contributed by atoms with Crippen LogP contribution in [0.4, 0.5) is 0 Å². The maximum absolute atomic E-state index is 11.5. The molecule has 0 spiro atoms. The predicted molar refractivity (Wildman–Crippen MR) is 65.1 cm³/mol. The van der Waals surface area contributed by atoms with Gasteiger partial charge in [-0.1, -0.05) is 13.3 Å². The average molecular weight is 249 g/mol. The number of hydrogen-bond donors (Lipinski definition) is 3. The van der Waals surface area contributed by atoms with E-state index in [0.29, 0.717) is 31.5 Å². The molecule has 16 heavy (non-hydrogen) atoms. The van der Waals surface area contributed by atoms with Crippen molar-refractivity contribution in [2.24, 2.45) is 17.6 Å². The lowest BCUT2D eigenvalue weighted by atomic mass is 9.97. The number of nitrogens with two attached hydrogens (primary N) is 1. The summed E-state index contributed by atoms with van der Waals surface area (Å²) in [5, 5.41) is 0. The second-order valence-electron chi connectivity index (χ2n) is 4.43. The van der Waals surface area contributed by atoms with Gasteiger partial charge >= 0.3 is 0 Å². The molecule has 0 bridgehead atoms. The van der Waals surface area contributed by atoms with Crippen LogP contribution in [0.1, 0.15) is 32.6 Å². The highest BCUT2D eigenvalue weighted by Gasteiger charge is 2.26. The molecule has 1 aliphatic rings. The maximum atomic E-state index is 11.5. The molecular formula is C10H23N3O2S. The van der Waals surface area contributed by atoms with Gasteiger partial charge in [0.15, 0.2) is 0 Å². The van der Waals surface area contributed by atoms with Crippen molar-refractivity contribution in [3.8, 4) is 0 Å². The lowest BCUT2D eigenvalue weighted by Gasteiger charge is -2.18. The Morgan fingerprint density at radius 2 is 1.94 bits per heavy atom. The SMILES string of the molecule is CCCNS(=O)(=O)NCC1CCCC1CN. The van der Waals surface area contributed by atoms with Crippen LogP contribution in [-0.2, 0) is 10.2 Å². The first-order valence-corrected chi connectivity index (χ1v) is 7.51. The Morgan fingerprint density at radius 3 is 2.56 bits per heavy atom. The molecule has 6 heteroatoms. The molecule has 5 nitrogen and oxygen atoms in total. The van der Waals surface area contributed by atoms with E-state index in [2.05, 4.69) is 9.44 Å². The second-order valence-corrected chi connectivity index (χ2v) is 6.02. The standard InChI is InChI=1S/C10H23N3O2S/c1-2-6-12-16(14,15)13-8-10-5-3-4-9(10)7-11/h9-10,12-13H,2-8,11H2,1H3. The van der Waals surface area contributed by atoms with Gasteiger partial charge in [0.2, 0.25) is 0 Å². The first-order chi connectivity index (χ1) is 7.59. The molecule has 2 atom stereocenters. The summed E-state index contributed by atoms with van der Waals surface area (Å²) in [5.74, 6) is 0.886. The lowest BCUT2D eigenvalue weighted by Crippen LogP contribution is -2.40. The molecule has 0 amide bonds. The van der Waals surface area contributed by atoms with Crippen molar-refractivity contribution in [3.63, 3.8) is 0 Å². The minimum Gasteiger partial charge on any atom is -0.330 e.